The molecule has 1 heterocycles. The van der Waals surface area contributed by atoms with E-state index in [1.165, 1.54) is 6.92 Å². The number of benzene rings is 1. The van der Waals surface area contributed by atoms with Crippen LogP contribution in [0.4, 0.5) is 0 Å². The smallest absolute Gasteiger partial charge is 0.289 e. The van der Waals surface area contributed by atoms with Crippen LogP contribution in [0.15, 0.2) is 23.0 Å². The number of carboxylic acids is 1. The molecule has 21 heavy (non-hydrogen) atoms. The van der Waals surface area contributed by atoms with E-state index in [1.54, 1.807) is 24.3 Å². The third kappa shape index (κ3) is 2.41. The average molecular weight is 282 g/mol. The number of aromatic nitrogens is 2. The molecule has 1 aromatic carbocycles. The third-order valence-corrected chi connectivity index (χ3v) is 3.38. The lowest BCUT2D eigenvalue weighted by atomic mass is 10.1. The van der Waals surface area contributed by atoms with Gasteiger partial charge in [0.15, 0.2) is 0 Å². The molecule has 0 saturated heterocycles. The van der Waals surface area contributed by atoms with Crippen molar-refractivity contribution in [1.82, 2.24) is 9.78 Å². The van der Waals surface area contributed by atoms with Gasteiger partial charge in [-0.1, -0.05) is 6.07 Å². The fraction of sp³-hybridized carbons (Fsp3) is 0.200. The van der Waals surface area contributed by atoms with Crippen molar-refractivity contribution in [3.63, 3.8) is 0 Å². The molecule has 2 rings (SSSR count). The second-order valence-electron chi connectivity index (χ2n) is 4.73. The number of rotatable bonds is 2. The standard InChI is InChI=1S/C15H13N3O3/c1-8-4-5-11(6-9(8)2)18-14(19)12(7-16)10(3)13(17-18)15(20)21/h4-6H,1-3H3,(H,20,21)/p-1. The maximum absolute atomic E-state index is 12.3. The Morgan fingerprint density at radius 1 is 1.29 bits per heavy atom. The summed E-state index contributed by atoms with van der Waals surface area (Å²) in [4.78, 5) is 23.4. The largest absolute Gasteiger partial charge is 0.543 e. The van der Waals surface area contributed by atoms with Crippen molar-refractivity contribution in [2.24, 2.45) is 0 Å². The molecule has 0 amide bonds. The number of aromatic carboxylic acids is 1. The molecule has 0 bridgehead atoms. The number of hydrogen-bond donors (Lipinski definition) is 0. The molecule has 0 N–H and O–H groups in total. The molecule has 0 unspecified atom stereocenters. The number of hydrogen-bond acceptors (Lipinski definition) is 5. The van der Waals surface area contributed by atoms with E-state index in [4.69, 9.17) is 5.26 Å². The first-order chi connectivity index (χ1) is 9.86. The SMILES string of the molecule is Cc1ccc(-n2nc(C(=O)[O-])c(C)c(C#N)c2=O)cc1C. The second-order valence-corrected chi connectivity index (χ2v) is 4.73. The molecular weight excluding hydrogens is 270 g/mol. The molecule has 0 radical (unpaired) electrons. The summed E-state index contributed by atoms with van der Waals surface area (Å²) in [7, 11) is 0. The first-order valence-corrected chi connectivity index (χ1v) is 6.19. The highest BCUT2D eigenvalue weighted by Gasteiger charge is 2.16. The van der Waals surface area contributed by atoms with Gasteiger partial charge >= 0.3 is 0 Å². The minimum Gasteiger partial charge on any atom is -0.543 e. The summed E-state index contributed by atoms with van der Waals surface area (Å²) < 4.78 is 0.920. The van der Waals surface area contributed by atoms with Crippen molar-refractivity contribution in [2.45, 2.75) is 20.8 Å². The van der Waals surface area contributed by atoms with Crippen molar-refractivity contribution in [2.75, 3.05) is 0 Å². The van der Waals surface area contributed by atoms with Gasteiger partial charge in [0.25, 0.3) is 5.56 Å². The van der Waals surface area contributed by atoms with E-state index in [2.05, 4.69) is 5.10 Å². The summed E-state index contributed by atoms with van der Waals surface area (Å²) in [6.45, 7) is 5.14. The van der Waals surface area contributed by atoms with Crippen molar-refractivity contribution in [1.29, 1.82) is 5.26 Å². The van der Waals surface area contributed by atoms with Crippen LogP contribution in [0, 0.1) is 32.1 Å². The lowest BCUT2D eigenvalue weighted by Gasteiger charge is -2.12. The van der Waals surface area contributed by atoms with E-state index >= 15 is 0 Å². The molecule has 0 fully saturated rings. The molecule has 0 saturated carbocycles. The van der Waals surface area contributed by atoms with E-state index < -0.39 is 17.2 Å². The summed E-state index contributed by atoms with van der Waals surface area (Å²) in [6.07, 6.45) is 0. The van der Waals surface area contributed by atoms with Crippen LogP contribution in [-0.4, -0.2) is 15.7 Å². The van der Waals surface area contributed by atoms with E-state index in [9.17, 15) is 14.7 Å². The van der Waals surface area contributed by atoms with Crippen molar-refractivity contribution in [3.05, 3.63) is 56.5 Å². The predicted molar refractivity (Wildman–Crippen MR) is 73.1 cm³/mol. The van der Waals surface area contributed by atoms with Gasteiger partial charge in [-0.05, 0) is 44.0 Å². The fourth-order valence-electron chi connectivity index (χ4n) is 1.96. The van der Waals surface area contributed by atoms with Gasteiger partial charge in [0, 0.05) is 5.56 Å². The number of aryl methyl sites for hydroxylation is 2. The summed E-state index contributed by atoms with van der Waals surface area (Å²) in [5.74, 6) is -1.53. The van der Waals surface area contributed by atoms with Crippen LogP contribution < -0.4 is 10.7 Å². The first kappa shape index (κ1) is 14.5. The topological polar surface area (TPSA) is 98.8 Å². The van der Waals surface area contributed by atoms with Crippen molar-refractivity contribution in [3.8, 4) is 11.8 Å². The average Bonchev–Trinajstić information content (AvgIpc) is 2.42. The highest BCUT2D eigenvalue weighted by atomic mass is 16.4. The molecule has 0 aliphatic heterocycles. The monoisotopic (exact) mass is 282 g/mol. The Morgan fingerprint density at radius 2 is 1.95 bits per heavy atom. The highest BCUT2D eigenvalue weighted by molar-refractivity contribution is 5.85. The first-order valence-electron chi connectivity index (χ1n) is 6.19. The molecule has 106 valence electrons. The minimum atomic E-state index is -1.53. The third-order valence-electron chi connectivity index (χ3n) is 3.38. The molecule has 6 heteroatoms. The van der Waals surface area contributed by atoms with Crippen LogP contribution in [0.2, 0.25) is 0 Å². The molecule has 0 aliphatic rings. The normalized spacial score (nSPS) is 10.2. The zero-order chi connectivity index (χ0) is 15.7. The van der Waals surface area contributed by atoms with Gasteiger partial charge in [0.05, 0.1) is 11.7 Å². The molecule has 6 nitrogen and oxygen atoms in total. The van der Waals surface area contributed by atoms with Crippen LogP contribution in [0.5, 0.6) is 0 Å². The fourth-order valence-corrected chi connectivity index (χ4v) is 1.96. The van der Waals surface area contributed by atoms with E-state index in [0.29, 0.717) is 5.69 Å². The Balaban J connectivity index is 2.83. The number of carbonyl (C=O) groups is 1. The van der Waals surface area contributed by atoms with E-state index in [0.717, 1.165) is 15.8 Å². The van der Waals surface area contributed by atoms with Crippen LogP contribution in [0.25, 0.3) is 5.69 Å². The molecule has 0 atom stereocenters. The highest BCUT2D eigenvalue weighted by Crippen LogP contribution is 2.14. The van der Waals surface area contributed by atoms with Gasteiger partial charge < -0.3 is 9.90 Å². The van der Waals surface area contributed by atoms with Crippen LogP contribution in [-0.2, 0) is 0 Å². The maximum Gasteiger partial charge on any atom is 0.289 e. The zero-order valence-electron chi connectivity index (χ0n) is 11.8. The molecular formula is C15H12N3O3-. The Labute approximate surface area is 120 Å². The lowest BCUT2D eigenvalue weighted by Crippen LogP contribution is -2.33. The summed E-state index contributed by atoms with van der Waals surface area (Å²) in [5, 5.41) is 24.0. The van der Waals surface area contributed by atoms with Crippen molar-refractivity contribution >= 4 is 5.97 Å². The van der Waals surface area contributed by atoms with E-state index in [1.807, 2.05) is 13.8 Å². The number of carbonyl (C=O) groups excluding carboxylic acids is 1. The minimum absolute atomic E-state index is 0.0163. The number of nitriles is 1. The summed E-state index contributed by atoms with van der Waals surface area (Å²) in [6, 6.07) is 6.88. The maximum atomic E-state index is 12.3. The van der Waals surface area contributed by atoms with Crippen LogP contribution in [0.3, 0.4) is 0 Å². The van der Waals surface area contributed by atoms with Gasteiger partial charge in [-0.3, -0.25) is 4.79 Å². The summed E-state index contributed by atoms with van der Waals surface area (Å²) >= 11 is 0. The quantitative estimate of drug-likeness (QED) is 0.793. The number of carboxylic acid groups (broad SMARTS) is 1. The molecule has 1 aromatic heterocycles. The van der Waals surface area contributed by atoms with Gasteiger partial charge in [-0.15, -0.1) is 0 Å². The van der Waals surface area contributed by atoms with Gasteiger partial charge in [0.1, 0.15) is 17.3 Å². The van der Waals surface area contributed by atoms with Gasteiger partial charge in [0.2, 0.25) is 0 Å². The Morgan fingerprint density at radius 3 is 2.48 bits per heavy atom. The number of nitrogens with zero attached hydrogens (tertiary/aromatic N) is 3. The Bertz CT molecular complexity index is 844. The Kier molecular flexibility index (Phi) is 3.59. The molecule has 2 aromatic rings. The van der Waals surface area contributed by atoms with E-state index in [-0.39, 0.29) is 11.1 Å². The van der Waals surface area contributed by atoms with Gasteiger partial charge in [-0.25, -0.2) is 0 Å². The van der Waals surface area contributed by atoms with Crippen LogP contribution >= 0.6 is 0 Å². The summed E-state index contributed by atoms with van der Waals surface area (Å²) in [5.41, 5.74) is 1.06. The van der Waals surface area contributed by atoms with Gasteiger partial charge in [-0.2, -0.15) is 15.0 Å². The second kappa shape index (κ2) is 5.21. The van der Waals surface area contributed by atoms with Crippen LogP contribution in [0.1, 0.15) is 32.7 Å². The Hall–Kier alpha value is -2.94. The predicted octanol–water partition coefficient (Wildman–Crippen LogP) is 0.393. The zero-order valence-corrected chi connectivity index (χ0v) is 11.8. The lowest BCUT2D eigenvalue weighted by molar-refractivity contribution is -0.255. The molecule has 0 aliphatic carbocycles. The van der Waals surface area contributed by atoms with Crippen molar-refractivity contribution < 1.29 is 9.90 Å². The molecule has 0 spiro atoms.